The molecule has 0 spiro atoms. The fourth-order valence-corrected chi connectivity index (χ4v) is 2.24. The van der Waals surface area contributed by atoms with Gasteiger partial charge in [-0.05, 0) is 37.1 Å². The molecule has 0 bridgehead atoms. The Labute approximate surface area is 124 Å². The lowest BCUT2D eigenvalue weighted by Crippen LogP contribution is -2.41. The van der Waals surface area contributed by atoms with E-state index >= 15 is 0 Å². The Kier molecular flexibility index (Phi) is 4.46. The van der Waals surface area contributed by atoms with Crippen LogP contribution in [0.2, 0.25) is 5.02 Å². The molecule has 0 heterocycles. The Morgan fingerprint density at radius 1 is 1.05 bits per heavy atom. The zero-order valence-electron chi connectivity index (χ0n) is 11.7. The summed E-state index contributed by atoms with van der Waals surface area (Å²) < 4.78 is 0. The lowest BCUT2D eigenvalue weighted by Gasteiger charge is -2.27. The molecule has 2 aromatic rings. The highest BCUT2D eigenvalue weighted by Gasteiger charge is 2.22. The molecule has 0 atom stereocenters. The van der Waals surface area contributed by atoms with Crippen molar-refractivity contribution in [2.24, 2.45) is 0 Å². The maximum absolute atomic E-state index is 12.1. The molecule has 0 fully saturated rings. The van der Waals surface area contributed by atoms with E-state index in [-0.39, 0.29) is 5.91 Å². The fraction of sp³-hybridized carbons (Fsp3) is 0.235. The van der Waals surface area contributed by atoms with Crippen LogP contribution in [-0.4, -0.2) is 5.91 Å². The van der Waals surface area contributed by atoms with Gasteiger partial charge in [-0.3, -0.25) is 4.79 Å². The van der Waals surface area contributed by atoms with Crippen molar-refractivity contribution in [2.75, 3.05) is 0 Å². The molecule has 104 valence electrons. The van der Waals surface area contributed by atoms with E-state index in [2.05, 4.69) is 5.32 Å². The van der Waals surface area contributed by atoms with Crippen molar-refractivity contribution in [3.05, 3.63) is 70.7 Å². The molecule has 2 aromatic carbocycles. The topological polar surface area (TPSA) is 29.1 Å². The molecule has 1 amide bonds. The van der Waals surface area contributed by atoms with Crippen molar-refractivity contribution in [3.63, 3.8) is 0 Å². The van der Waals surface area contributed by atoms with Crippen LogP contribution in [0.1, 0.15) is 25.0 Å². The zero-order valence-corrected chi connectivity index (χ0v) is 12.4. The smallest absolute Gasteiger partial charge is 0.225 e. The first kappa shape index (κ1) is 14.6. The van der Waals surface area contributed by atoms with E-state index in [0.717, 1.165) is 11.1 Å². The minimum atomic E-state index is -0.420. The lowest BCUT2D eigenvalue weighted by atomic mass is 9.94. The SMILES string of the molecule is CC(C)(NC(=O)Cc1ccccc1)c1ccc(Cl)cc1. The van der Waals surface area contributed by atoms with Gasteiger partial charge in [0.1, 0.15) is 0 Å². The largest absolute Gasteiger partial charge is 0.347 e. The Hall–Kier alpha value is -1.80. The summed E-state index contributed by atoms with van der Waals surface area (Å²) in [6, 6.07) is 17.3. The number of amides is 1. The van der Waals surface area contributed by atoms with Crippen LogP contribution in [0.3, 0.4) is 0 Å². The van der Waals surface area contributed by atoms with Crippen LogP contribution in [-0.2, 0) is 16.8 Å². The van der Waals surface area contributed by atoms with Crippen LogP contribution in [0, 0.1) is 0 Å². The third-order valence-electron chi connectivity index (χ3n) is 3.23. The van der Waals surface area contributed by atoms with Gasteiger partial charge in [-0.2, -0.15) is 0 Å². The van der Waals surface area contributed by atoms with Crippen LogP contribution in [0.15, 0.2) is 54.6 Å². The summed E-state index contributed by atoms with van der Waals surface area (Å²) in [4.78, 5) is 12.1. The van der Waals surface area contributed by atoms with Gasteiger partial charge in [0.15, 0.2) is 0 Å². The minimum absolute atomic E-state index is 0.0103. The molecule has 0 saturated carbocycles. The highest BCUT2D eigenvalue weighted by atomic mass is 35.5. The number of nitrogens with one attached hydrogen (secondary N) is 1. The van der Waals surface area contributed by atoms with Crippen molar-refractivity contribution < 1.29 is 4.79 Å². The molecule has 2 rings (SSSR count). The Balaban J connectivity index is 2.04. The number of halogens is 1. The third-order valence-corrected chi connectivity index (χ3v) is 3.48. The lowest BCUT2D eigenvalue weighted by molar-refractivity contribution is -0.122. The van der Waals surface area contributed by atoms with Gasteiger partial charge in [-0.1, -0.05) is 54.1 Å². The van der Waals surface area contributed by atoms with E-state index in [1.54, 1.807) is 0 Å². The van der Waals surface area contributed by atoms with Gasteiger partial charge in [-0.15, -0.1) is 0 Å². The average molecular weight is 288 g/mol. The summed E-state index contributed by atoms with van der Waals surface area (Å²) in [6.45, 7) is 3.97. The van der Waals surface area contributed by atoms with Crippen LogP contribution >= 0.6 is 11.6 Å². The predicted octanol–water partition coefficient (Wildman–Crippen LogP) is 3.93. The van der Waals surface area contributed by atoms with Crippen LogP contribution < -0.4 is 5.32 Å². The van der Waals surface area contributed by atoms with Crippen LogP contribution in [0.25, 0.3) is 0 Å². The van der Waals surface area contributed by atoms with Crippen molar-refractivity contribution in [2.45, 2.75) is 25.8 Å². The van der Waals surface area contributed by atoms with E-state index < -0.39 is 5.54 Å². The van der Waals surface area contributed by atoms with Gasteiger partial charge in [0.2, 0.25) is 5.91 Å². The molecule has 20 heavy (non-hydrogen) atoms. The maximum Gasteiger partial charge on any atom is 0.225 e. The van der Waals surface area contributed by atoms with E-state index in [9.17, 15) is 4.79 Å². The van der Waals surface area contributed by atoms with Gasteiger partial charge in [-0.25, -0.2) is 0 Å². The summed E-state index contributed by atoms with van der Waals surface area (Å²) in [5, 5.41) is 3.75. The van der Waals surface area contributed by atoms with Crippen molar-refractivity contribution >= 4 is 17.5 Å². The fourth-order valence-electron chi connectivity index (χ4n) is 2.11. The second-order valence-electron chi connectivity index (χ2n) is 5.34. The number of benzene rings is 2. The highest BCUT2D eigenvalue weighted by Crippen LogP contribution is 2.22. The first-order valence-electron chi connectivity index (χ1n) is 6.58. The molecular formula is C17H18ClNO. The number of rotatable bonds is 4. The van der Waals surface area contributed by atoms with E-state index in [1.165, 1.54) is 0 Å². The zero-order chi connectivity index (χ0) is 14.6. The predicted molar refractivity (Wildman–Crippen MR) is 82.8 cm³/mol. The second kappa shape index (κ2) is 6.10. The number of hydrogen-bond acceptors (Lipinski definition) is 1. The molecule has 0 aliphatic heterocycles. The molecule has 3 heteroatoms. The quantitative estimate of drug-likeness (QED) is 0.907. The van der Waals surface area contributed by atoms with E-state index in [1.807, 2.05) is 68.4 Å². The monoisotopic (exact) mass is 287 g/mol. The highest BCUT2D eigenvalue weighted by molar-refractivity contribution is 6.30. The molecule has 0 aliphatic carbocycles. The maximum atomic E-state index is 12.1. The van der Waals surface area contributed by atoms with Gasteiger partial charge in [0.05, 0.1) is 12.0 Å². The molecule has 0 aliphatic rings. The molecule has 1 N–H and O–H groups in total. The third kappa shape index (κ3) is 3.84. The van der Waals surface area contributed by atoms with Crippen molar-refractivity contribution in [1.82, 2.24) is 5.32 Å². The standard InChI is InChI=1S/C17H18ClNO/c1-17(2,14-8-10-15(18)11-9-14)19-16(20)12-13-6-4-3-5-7-13/h3-11H,12H2,1-2H3,(H,19,20). The van der Waals surface area contributed by atoms with E-state index in [0.29, 0.717) is 11.4 Å². The Morgan fingerprint density at radius 3 is 2.25 bits per heavy atom. The number of hydrogen-bond donors (Lipinski definition) is 1. The van der Waals surface area contributed by atoms with Gasteiger partial charge in [0, 0.05) is 5.02 Å². The molecule has 0 aromatic heterocycles. The second-order valence-corrected chi connectivity index (χ2v) is 5.78. The van der Waals surface area contributed by atoms with E-state index in [4.69, 9.17) is 11.6 Å². The molecule has 0 unspecified atom stereocenters. The Bertz CT molecular complexity index is 576. The van der Waals surface area contributed by atoms with Gasteiger partial charge >= 0.3 is 0 Å². The van der Waals surface area contributed by atoms with Crippen LogP contribution in [0.4, 0.5) is 0 Å². The normalized spacial score (nSPS) is 11.2. The molecule has 2 nitrogen and oxygen atoms in total. The minimum Gasteiger partial charge on any atom is -0.347 e. The first-order valence-corrected chi connectivity index (χ1v) is 6.96. The number of carbonyl (C=O) groups is 1. The van der Waals surface area contributed by atoms with Gasteiger partial charge in [0.25, 0.3) is 0 Å². The summed E-state index contributed by atoms with van der Waals surface area (Å²) in [7, 11) is 0. The Morgan fingerprint density at radius 2 is 1.65 bits per heavy atom. The van der Waals surface area contributed by atoms with Crippen LogP contribution in [0.5, 0.6) is 0 Å². The summed E-state index contributed by atoms with van der Waals surface area (Å²) in [6.07, 6.45) is 0.387. The average Bonchev–Trinajstić information content (AvgIpc) is 2.39. The summed E-state index contributed by atoms with van der Waals surface area (Å²) >= 11 is 5.89. The van der Waals surface area contributed by atoms with Gasteiger partial charge < -0.3 is 5.32 Å². The van der Waals surface area contributed by atoms with Crippen molar-refractivity contribution in [1.29, 1.82) is 0 Å². The summed E-state index contributed by atoms with van der Waals surface area (Å²) in [5.41, 5.74) is 1.62. The summed E-state index contributed by atoms with van der Waals surface area (Å²) in [5.74, 6) is 0.0103. The number of carbonyl (C=O) groups excluding carboxylic acids is 1. The first-order chi connectivity index (χ1) is 9.47. The molecule has 0 radical (unpaired) electrons. The molecular weight excluding hydrogens is 270 g/mol. The van der Waals surface area contributed by atoms with Crippen molar-refractivity contribution in [3.8, 4) is 0 Å². The molecule has 0 saturated heterocycles.